The third kappa shape index (κ3) is 5.66. The molecule has 1 amide bonds. The lowest BCUT2D eigenvalue weighted by atomic mass is 10.2. The first kappa shape index (κ1) is 24.0. The SMILES string of the molecule is CC(C)Cn1c(SCC(=O)Nc2ccnn2Cc2ccccc2Cl)nnc1-c1ccccc1F. The number of anilines is 1. The quantitative estimate of drug-likeness (QED) is 0.314. The van der Waals surface area contributed by atoms with Gasteiger partial charge >= 0.3 is 0 Å². The summed E-state index contributed by atoms with van der Waals surface area (Å²) in [6, 6.07) is 15.7. The highest BCUT2D eigenvalue weighted by Crippen LogP contribution is 2.27. The van der Waals surface area contributed by atoms with Gasteiger partial charge in [0, 0.05) is 17.6 Å². The molecule has 176 valence electrons. The summed E-state index contributed by atoms with van der Waals surface area (Å²) in [4.78, 5) is 12.7. The van der Waals surface area contributed by atoms with Crippen molar-refractivity contribution in [1.29, 1.82) is 0 Å². The van der Waals surface area contributed by atoms with Crippen molar-refractivity contribution in [3.8, 4) is 11.4 Å². The summed E-state index contributed by atoms with van der Waals surface area (Å²) in [5.74, 6) is 0.853. The van der Waals surface area contributed by atoms with E-state index in [-0.39, 0.29) is 23.4 Å². The molecule has 0 aliphatic rings. The minimum Gasteiger partial charge on any atom is -0.310 e. The third-order valence-corrected chi connectivity index (χ3v) is 6.31. The predicted molar refractivity (Wildman–Crippen MR) is 132 cm³/mol. The van der Waals surface area contributed by atoms with Crippen LogP contribution in [0.1, 0.15) is 19.4 Å². The van der Waals surface area contributed by atoms with Crippen LogP contribution in [0, 0.1) is 11.7 Å². The van der Waals surface area contributed by atoms with Crippen molar-refractivity contribution in [2.75, 3.05) is 11.1 Å². The molecule has 34 heavy (non-hydrogen) atoms. The van der Waals surface area contributed by atoms with Crippen molar-refractivity contribution < 1.29 is 9.18 Å². The molecule has 0 aliphatic heterocycles. The molecule has 4 rings (SSSR count). The normalized spacial score (nSPS) is 11.2. The third-order valence-electron chi connectivity index (χ3n) is 4.97. The van der Waals surface area contributed by atoms with E-state index in [2.05, 4.69) is 34.5 Å². The monoisotopic (exact) mass is 498 g/mol. The Morgan fingerprint density at radius 1 is 1.12 bits per heavy atom. The molecule has 0 saturated carbocycles. The van der Waals surface area contributed by atoms with E-state index >= 15 is 0 Å². The number of benzene rings is 2. The molecule has 10 heteroatoms. The number of aromatic nitrogens is 5. The Morgan fingerprint density at radius 2 is 1.88 bits per heavy atom. The van der Waals surface area contributed by atoms with Crippen LogP contribution in [0.25, 0.3) is 11.4 Å². The molecule has 4 aromatic rings. The summed E-state index contributed by atoms with van der Waals surface area (Å²) in [6.45, 7) is 5.16. The lowest BCUT2D eigenvalue weighted by Gasteiger charge is -2.13. The highest BCUT2D eigenvalue weighted by Gasteiger charge is 2.19. The van der Waals surface area contributed by atoms with Crippen molar-refractivity contribution in [1.82, 2.24) is 24.5 Å². The number of halogens is 2. The van der Waals surface area contributed by atoms with Gasteiger partial charge in [-0.05, 0) is 29.7 Å². The average molecular weight is 499 g/mol. The van der Waals surface area contributed by atoms with Gasteiger partial charge in [0.1, 0.15) is 11.6 Å². The van der Waals surface area contributed by atoms with Crippen LogP contribution in [0.4, 0.5) is 10.2 Å². The maximum atomic E-state index is 14.4. The van der Waals surface area contributed by atoms with E-state index < -0.39 is 0 Å². The molecule has 0 aliphatic carbocycles. The molecule has 2 aromatic heterocycles. The van der Waals surface area contributed by atoms with E-state index in [1.807, 2.05) is 28.8 Å². The van der Waals surface area contributed by atoms with Gasteiger partial charge in [0.2, 0.25) is 5.91 Å². The zero-order chi connectivity index (χ0) is 24.1. The van der Waals surface area contributed by atoms with Gasteiger partial charge in [-0.25, -0.2) is 9.07 Å². The second kappa shape index (κ2) is 10.8. The Hall–Kier alpha value is -3.17. The number of hydrogen-bond donors (Lipinski definition) is 1. The van der Waals surface area contributed by atoms with E-state index in [1.165, 1.54) is 17.8 Å². The first-order chi connectivity index (χ1) is 16.4. The molecular weight excluding hydrogens is 475 g/mol. The Balaban J connectivity index is 1.45. The minimum absolute atomic E-state index is 0.116. The lowest BCUT2D eigenvalue weighted by Crippen LogP contribution is -2.18. The van der Waals surface area contributed by atoms with Gasteiger partial charge in [0.25, 0.3) is 0 Å². The van der Waals surface area contributed by atoms with Crippen LogP contribution in [-0.4, -0.2) is 36.2 Å². The number of nitrogens with one attached hydrogen (secondary N) is 1. The Bertz CT molecular complexity index is 1290. The number of nitrogens with zero attached hydrogens (tertiary/aromatic N) is 5. The molecule has 0 radical (unpaired) electrons. The zero-order valence-corrected chi connectivity index (χ0v) is 20.4. The Labute approximate surface area is 206 Å². The van der Waals surface area contributed by atoms with Crippen molar-refractivity contribution in [3.63, 3.8) is 0 Å². The largest absolute Gasteiger partial charge is 0.310 e. The second-order valence-corrected chi connectivity index (χ2v) is 9.44. The fraction of sp³-hybridized carbons (Fsp3) is 0.250. The minimum atomic E-state index is -0.360. The highest BCUT2D eigenvalue weighted by atomic mass is 35.5. The van der Waals surface area contributed by atoms with Gasteiger partial charge in [-0.3, -0.25) is 4.79 Å². The maximum absolute atomic E-state index is 14.4. The summed E-state index contributed by atoms with van der Waals surface area (Å²) >= 11 is 7.51. The number of thioether (sulfide) groups is 1. The molecular formula is C24H24ClFN6OS. The summed E-state index contributed by atoms with van der Waals surface area (Å²) < 4.78 is 17.9. The Morgan fingerprint density at radius 3 is 2.65 bits per heavy atom. The molecule has 0 bridgehead atoms. The van der Waals surface area contributed by atoms with Crippen LogP contribution in [0.5, 0.6) is 0 Å². The van der Waals surface area contributed by atoms with Gasteiger partial charge in [0.05, 0.1) is 24.1 Å². The fourth-order valence-electron chi connectivity index (χ4n) is 3.43. The number of hydrogen-bond acceptors (Lipinski definition) is 5. The van der Waals surface area contributed by atoms with Crippen molar-refractivity contribution >= 4 is 35.1 Å². The molecule has 7 nitrogen and oxygen atoms in total. The summed E-state index contributed by atoms with van der Waals surface area (Å²) in [7, 11) is 0. The summed E-state index contributed by atoms with van der Waals surface area (Å²) in [5.41, 5.74) is 1.29. The van der Waals surface area contributed by atoms with E-state index in [4.69, 9.17) is 11.6 Å². The molecule has 0 spiro atoms. The summed E-state index contributed by atoms with van der Waals surface area (Å²) in [5, 5.41) is 16.8. The molecule has 0 saturated heterocycles. The van der Waals surface area contributed by atoms with E-state index in [9.17, 15) is 9.18 Å². The van der Waals surface area contributed by atoms with Gasteiger partial charge in [0.15, 0.2) is 11.0 Å². The standard InChI is InChI=1S/C24H24ClFN6OS/c1-16(2)13-31-23(18-8-4-6-10-20(18)26)29-30-24(31)34-15-22(33)28-21-11-12-27-32(21)14-17-7-3-5-9-19(17)25/h3-12,16H,13-15H2,1-2H3,(H,28,33). The van der Waals surface area contributed by atoms with Crippen molar-refractivity contribution in [2.24, 2.45) is 5.92 Å². The topological polar surface area (TPSA) is 77.6 Å². The number of carbonyl (C=O) groups is 1. The van der Waals surface area contributed by atoms with E-state index in [0.717, 1.165) is 5.56 Å². The van der Waals surface area contributed by atoms with Crippen LogP contribution in [0.3, 0.4) is 0 Å². The first-order valence-electron chi connectivity index (χ1n) is 10.8. The smallest absolute Gasteiger partial charge is 0.235 e. The van der Waals surface area contributed by atoms with Crippen LogP contribution < -0.4 is 5.32 Å². The molecule has 2 aromatic carbocycles. The number of carbonyl (C=O) groups excluding carboxylic acids is 1. The molecule has 1 N–H and O–H groups in total. The first-order valence-corrected chi connectivity index (χ1v) is 12.1. The molecule has 0 unspecified atom stereocenters. The van der Waals surface area contributed by atoms with E-state index in [0.29, 0.717) is 40.5 Å². The summed E-state index contributed by atoms with van der Waals surface area (Å²) in [6.07, 6.45) is 1.62. The van der Waals surface area contributed by atoms with Gasteiger partial charge in [-0.15, -0.1) is 10.2 Å². The Kier molecular flexibility index (Phi) is 7.64. The molecule has 2 heterocycles. The number of rotatable bonds is 9. The fourth-order valence-corrected chi connectivity index (χ4v) is 4.37. The number of amides is 1. The molecule has 0 atom stereocenters. The van der Waals surface area contributed by atoms with Crippen LogP contribution >= 0.6 is 23.4 Å². The van der Waals surface area contributed by atoms with Crippen LogP contribution in [-0.2, 0) is 17.9 Å². The van der Waals surface area contributed by atoms with Crippen molar-refractivity contribution in [2.45, 2.75) is 32.1 Å². The van der Waals surface area contributed by atoms with E-state index in [1.54, 1.807) is 35.1 Å². The second-order valence-electron chi connectivity index (χ2n) is 8.09. The van der Waals surface area contributed by atoms with Crippen molar-refractivity contribution in [3.05, 3.63) is 77.2 Å². The van der Waals surface area contributed by atoms with Crippen LogP contribution in [0.15, 0.2) is 66.0 Å². The zero-order valence-electron chi connectivity index (χ0n) is 18.8. The van der Waals surface area contributed by atoms with Gasteiger partial charge < -0.3 is 9.88 Å². The predicted octanol–water partition coefficient (Wildman–Crippen LogP) is 5.37. The lowest BCUT2D eigenvalue weighted by molar-refractivity contribution is -0.113. The molecule has 0 fully saturated rings. The maximum Gasteiger partial charge on any atom is 0.235 e. The van der Waals surface area contributed by atoms with Crippen LogP contribution in [0.2, 0.25) is 5.02 Å². The highest BCUT2D eigenvalue weighted by molar-refractivity contribution is 7.99. The van der Waals surface area contributed by atoms with Gasteiger partial charge in [-0.1, -0.05) is 67.5 Å². The average Bonchev–Trinajstić information content (AvgIpc) is 3.40. The van der Waals surface area contributed by atoms with Gasteiger partial charge in [-0.2, -0.15) is 5.10 Å².